The summed E-state index contributed by atoms with van der Waals surface area (Å²) in [5, 5.41) is 10.1. The summed E-state index contributed by atoms with van der Waals surface area (Å²) in [6, 6.07) is 29.0. The minimum absolute atomic E-state index is 0.0980. The molecule has 0 saturated carbocycles. The third kappa shape index (κ3) is 3.60. The van der Waals surface area contributed by atoms with Gasteiger partial charge in [-0.15, -0.1) is 11.3 Å². The van der Waals surface area contributed by atoms with Crippen LogP contribution in [0.4, 0.5) is 5.13 Å². The van der Waals surface area contributed by atoms with E-state index in [1.807, 2.05) is 36.4 Å². The zero-order valence-electron chi connectivity index (χ0n) is 16.6. The van der Waals surface area contributed by atoms with Crippen LogP contribution in [0.25, 0.3) is 11.3 Å². The Morgan fingerprint density at radius 1 is 0.867 bits per heavy atom. The smallest absolute Gasteiger partial charge is 0.207 e. The molecule has 1 aliphatic heterocycles. The van der Waals surface area contributed by atoms with Crippen molar-refractivity contribution >= 4 is 22.2 Å². The number of thiazole rings is 1. The zero-order chi connectivity index (χ0) is 20.3. The van der Waals surface area contributed by atoms with Gasteiger partial charge >= 0.3 is 0 Å². The van der Waals surface area contributed by atoms with Crippen LogP contribution in [0.15, 0.2) is 95.4 Å². The summed E-state index contributed by atoms with van der Waals surface area (Å²) < 4.78 is 5.33. The molecule has 4 nitrogen and oxygen atoms in total. The van der Waals surface area contributed by atoms with Crippen LogP contribution in [-0.4, -0.2) is 17.8 Å². The van der Waals surface area contributed by atoms with Gasteiger partial charge in [-0.3, -0.25) is 0 Å². The van der Waals surface area contributed by atoms with Gasteiger partial charge in [-0.25, -0.2) is 9.99 Å². The topological polar surface area (TPSA) is 37.7 Å². The Morgan fingerprint density at radius 2 is 1.53 bits per heavy atom. The summed E-state index contributed by atoms with van der Waals surface area (Å²) >= 11 is 1.63. The van der Waals surface area contributed by atoms with Gasteiger partial charge in [0.05, 0.1) is 24.6 Å². The number of anilines is 1. The van der Waals surface area contributed by atoms with Gasteiger partial charge in [-0.1, -0.05) is 72.8 Å². The Labute approximate surface area is 180 Å². The van der Waals surface area contributed by atoms with E-state index in [0.717, 1.165) is 39.8 Å². The third-order valence-electron chi connectivity index (χ3n) is 5.28. The molecule has 1 atom stereocenters. The lowest BCUT2D eigenvalue weighted by Crippen LogP contribution is -2.18. The molecule has 0 N–H and O–H groups in total. The summed E-state index contributed by atoms with van der Waals surface area (Å²) in [4.78, 5) is 4.91. The van der Waals surface area contributed by atoms with Gasteiger partial charge in [0.1, 0.15) is 5.75 Å². The van der Waals surface area contributed by atoms with E-state index < -0.39 is 0 Å². The standard InChI is InChI=1S/C25H21N3OS/c1-29-21-14-12-20(13-15-21)24-16-22(18-8-4-2-5-9-18)27-28(24)25-26-23(17-30-25)19-10-6-3-7-11-19/h2-15,17,24H,16H2,1H3. The van der Waals surface area contributed by atoms with E-state index in [9.17, 15) is 0 Å². The van der Waals surface area contributed by atoms with E-state index in [4.69, 9.17) is 14.8 Å². The maximum atomic E-state index is 5.33. The summed E-state index contributed by atoms with van der Waals surface area (Å²) in [7, 11) is 1.69. The second-order valence-electron chi connectivity index (χ2n) is 7.13. The molecule has 30 heavy (non-hydrogen) atoms. The fraction of sp³-hybridized carbons (Fsp3) is 0.120. The monoisotopic (exact) mass is 411 g/mol. The van der Waals surface area contributed by atoms with E-state index in [2.05, 4.69) is 58.9 Å². The van der Waals surface area contributed by atoms with Gasteiger partial charge in [0.2, 0.25) is 5.13 Å². The average Bonchev–Trinajstić information content (AvgIpc) is 3.48. The van der Waals surface area contributed by atoms with E-state index in [-0.39, 0.29) is 6.04 Å². The number of ether oxygens (including phenoxy) is 1. The van der Waals surface area contributed by atoms with E-state index >= 15 is 0 Å². The van der Waals surface area contributed by atoms with Gasteiger partial charge in [-0.2, -0.15) is 5.10 Å². The van der Waals surface area contributed by atoms with Crippen LogP contribution in [-0.2, 0) is 0 Å². The van der Waals surface area contributed by atoms with E-state index in [1.54, 1.807) is 18.4 Å². The molecule has 0 saturated heterocycles. The molecule has 1 aromatic heterocycles. The number of hydrazone groups is 1. The van der Waals surface area contributed by atoms with Gasteiger partial charge in [0, 0.05) is 17.4 Å². The molecule has 5 rings (SSSR count). The van der Waals surface area contributed by atoms with E-state index in [0.29, 0.717) is 0 Å². The SMILES string of the molecule is COc1ccc(C2CC(c3ccccc3)=NN2c2nc(-c3ccccc3)cs2)cc1. The summed E-state index contributed by atoms with van der Waals surface area (Å²) in [5.41, 5.74) is 5.52. The fourth-order valence-electron chi connectivity index (χ4n) is 3.69. The van der Waals surface area contributed by atoms with Crippen LogP contribution in [0.1, 0.15) is 23.6 Å². The van der Waals surface area contributed by atoms with Crippen molar-refractivity contribution in [3.8, 4) is 17.0 Å². The van der Waals surface area contributed by atoms with Crippen molar-refractivity contribution in [2.45, 2.75) is 12.5 Å². The molecule has 148 valence electrons. The molecule has 4 aromatic rings. The maximum Gasteiger partial charge on any atom is 0.207 e. The number of hydrogen-bond donors (Lipinski definition) is 0. The first-order valence-electron chi connectivity index (χ1n) is 9.89. The van der Waals surface area contributed by atoms with Crippen molar-refractivity contribution in [2.24, 2.45) is 5.10 Å². The molecule has 0 bridgehead atoms. The molecule has 2 heterocycles. The van der Waals surface area contributed by atoms with Crippen LogP contribution < -0.4 is 9.75 Å². The molecule has 0 aliphatic carbocycles. The lowest BCUT2D eigenvalue weighted by atomic mass is 9.98. The van der Waals surface area contributed by atoms with Crippen molar-refractivity contribution in [3.05, 3.63) is 101 Å². The number of methoxy groups -OCH3 is 1. The maximum absolute atomic E-state index is 5.33. The van der Waals surface area contributed by atoms with Crippen molar-refractivity contribution in [1.29, 1.82) is 0 Å². The molecule has 0 fully saturated rings. The molecule has 1 aliphatic rings. The van der Waals surface area contributed by atoms with Gasteiger partial charge in [0.25, 0.3) is 0 Å². The Kier molecular flexibility index (Phi) is 5.03. The first-order valence-corrected chi connectivity index (χ1v) is 10.8. The quantitative estimate of drug-likeness (QED) is 0.394. The van der Waals surface area contributed by atoms with E-state index in [1.165, 1.54) is 5.56 Å². The third-order valence-corrected chi connectivity index (χ3v) is 6.11. The highest BCUT2D eigenvalue weighted by atomic mass is 32.1. The first kappa shape index (κ1) is 18.6. The highest BCUT2D eigenvalue weighted by Gasteiger charge is 2.31. The predicted molar refractivity (Wildman–Crippen MR) is 123 cm³/mol. The highest BCUT2D eigenvalue weighted by Crippen LogP contribution is 2.39. The van der Waals surface area contributed by atoms with Crippen LogP contribution in [0.3, 0.4) is 0 Å². The van der Waals surface area contributed by atoms with Gasteiger partial charge in [0.15, 0.2) is 0 Å². The number of hydrogen-bond acceptors (Lipinski definition) is 5. The van der Waals surface area contributed by atoms with Crippen molar-refractivity contribution in [1.82, 2.24) is 4.98 Å². The average molecular weight is 412 g/mol. The molecule has 0 spiro atoms. The minimum Gasteiger partial charge on any atom is -0.497 e. The molecule has 3 aromatic carbocycles. The molecular weight excluding hydrogens is 390 g/mol. The van der Waals surface area contributed by atoms with Gasteiger partial charge in [-0.05, 0) is 23.3 Å². The Hall–Kier alpha value is -3.44. The largest absolute Gasteiger partial charge is 0.497 e. The van der Waals surface area contributed by atoms with Crippen LogP contribution in [0, 0.1) is 0 Å². The number of rotatable bonds is 5. The lowest BCUT2D eigenvalue weighted by Gasteiger charge is -2.21. The number of aromatic nitrogens is 1. The molecule has 0 radical (unpaired) electrons. The highest BCUT2D eigenvalue weighted by molar-refractivity contribution is 7.14. The predicted octanol–water partition coefficient (Wildman–Crippen LogP) is 6.17. The minimum atomic E-state index is 0.0980. The second-order valence-corrected chi connectivity index (χ2v) is 7.97. The normalized spacial score (nSPS) is 15.8. The van der Waals surface area contributed by atoms with Crippen molar-refractivity contribution in [3.63, 3.8) is 0 Å². The molecular formula is C25H21N3OS. The fourth-order valence-corrected chi connectivity index (χ4v) is 4.52. The lowest BCUT2D eigenvalue weighted by molar-refractivity contribution is 0.414. The van der Waals surface area contributed by atoms with Crippen LogP contribution in [0.5, 0.6) is 5.75 Å². The van der Waals surface area contributed by atoms with Crippen molar-refractivity contribution < 1.29 is 4.74 Å². The van der Waals surface area contributed by atoms with Crippen LogP contribution >= 0.6 is 11.3 Å². The number of benzene rings is 3. The first-order chi connectivity index (χ1) is 14.8. The van der Waals surface area contributed by atoms with Crippen LogP contribution in [0.2, 0.25) is 0 Å². The molecule has 5 heteroatoms. The van der Waals surface area contributed by atoms with Crippen molar-refractivity contribution in [2.75, 3.05) is 12.1 Å². The summed E-state index contributed by atoms with van der Waals surface area (Å²) in [5.74, 6) is 0.855. The molecule has 1 unspecified atom stereocenters. The Morgan fingerprint density at radius 3 is 2.20 bits per heavy atom. The summed E-state index contributed by atoms with van der Waals surface area (Å²) in [6.07, 6.45) is 0.830. The zero-order valence-corrected chi connectivity index (χ0v) is 17.4. The Balaban J connectivity index is 1.52. The summed E-state index contributed by atoms with van der Waals surface area (Å²) in [6.45, 7) is 0. The second kappa shape index (κ2) is 8.13. The Bertz CT molecular complexity index is 1150. The van der Waals surface area contributed by atoms with Gasteiger partial charge < -0.3 is 4.74 Å². The number of nitrogens with zero attached hydrogens (tertiary/aromatic N) is 3. The molecule has 0 amide bonds.